The monoisotopic (exact) mass is 643 g/mol. The predicted molar refractivity (Wildman–Crippen MR) is 207 cm³/mol. The molecule has 0 spiro atoms. The standard InChI is InChI=1S/C45H33N3Si/c1-49(2)40-19-11-18-39(41(40)38-29-28-34-16-9-10-17-37(34)42(38)49)45-47-43(35-24-20-32(21-25-35)30-12-5-3-6-13-30)46-44(48-45)36-26-22-33(23-27-36)31-14-7-4-8-15-31/h3-29H,1-2H3. The number of nitrogens with zero attached hydrogens (tertiary/aromatic N) is 3. The summed E-state index contributed by atoms with van der Waals surface area (Å²) >= 11 is 0. The molecule has 0 bridgehead atoms. The van der Waals surface area contributed by atoms with Gasteiger partial charge in [-0.15, -0.1) is 0 Å². The third-order valence-corrected chi connectivity index (χ3v) is 13.5. The van der Waals surface area contributed by atoms with Crippen LogP contribution < -0.4 is 10.4 Å². The zero-order valence-corrected chi connectivity index (χ0v) is 28.4. The highest BCUT2D eigenvalue weighted by Gasteiger charge is 2.40. The Morgan fingerprint density at radius 3 is 1.45 bits per heavy atom. The smallest absolute Gasteiger partial charge is 0.164 e. The Balaban J connectivity index is 1.22. The molecule has 1 aliphatic heterocycles. The minimum Gasteiger partial charge on any atom is -0.208 e. The first-order valence-corrected chi connectivity index (χ1v) is 19.8. The lowest BCUT2D eigenvalue weighted by Gasteiger charge is -2.20. The molecule has 9 rings (SSSR count). The zero-order chi connectivity index (χ0) is 33.0. The average molecular weight is 644 g/mol. The number of benzene rings is 7. The highest BCUT2D eigenvalue weighted by atomic mass is 28.3. The van der Waals surface area contributed by atoms with E-state index in [0.29, 0.717) is 17.5 Å². The van der Waals surface area contributed by atoms with E-state index in [-0.39, 0.29) is 0 Å². The lowest BCUT2D eigenvalue weighted by atomic mass is 9.96. The minimum atomic E-state index is -2.01. The van der Waals surface area contributed by atoms with Gasteiger partial charge in [0.1, 0.15) is 8.07 Å². The summed E-state index contributed by atoms with van der Waals surface area (Å²) < 4.78 is 0. The van der Waals surface area contributed by atoms with Crippen molar-refractivity contribution in [2.75, 3.05) is 0 Å². The van der Waals surface area contributed by atoms with Crippen LogP contribution in [0.2, 0.25) is 13.1 Å². The fourth-order valence-corrected chi connectivity index (χ4v) is 10.9. The van der Waals surface area contributed by atoms with E-state index in [2.05, 4.69) is 165 Å². The molecular formula is C45H33N3Si. The number of hydrogen-bond acceptors (Lipinski definition) is 3. The van der Waals surface area contributed by atoms with Gasteiger partial charge in [-0.05, 0) is 54.5 Å². The summed E-state index contributed by atoms with van der Waals surface area (Å²) in [5.41, 5.74) is 10.2. The largest absolute Gasteiger partial charge is 0.208 e. The average Bonchev–Trinajstić information content (AvgIpc) is 3.42. The summed E-state index contributed by atoms with van der Waals surface area (Å²) in [6, 6.07) is 58.1. The maximum Gasteiger partial charge on any atom is 0.164 e. The topological polar surface area (TPSA) is 38.7 Å². The van der Waals surface area contributed by atoms with Gasteiger partial charge >= 0.3 is 0 Å². The number of hydrogen-bond donors (Lipinski definition) is 0. The van der Waals surface area contributed by atoms with Crippen LogP contribution >= 0.6 is 0 Å². The van der Waals surface area contributed by atoms with Gasteiger partial charge < -0.3 is 0 Å². The van der Waals surface area contributed by atoms with Crippen LogP contribution in [-0.2, 0) is 0 Å². The van der Waals surface area contributed by atoms with Crippen molar-refractivity contribution in [1.82, 2.24) is 15.0 Å². The summed E-state index contributed by atoms with van der Waals surface area (Å²) in [7, 11) is -2.01. The van der Waals surface area contributed by atoms with Crippen molar-refractivity contribution in [3.8, 4) is 67.5 Å². The number of aromatic nitrogens is 3. The van der Waals surface area contributed by atoms with Gasteiger partial charge in [0.15, 0.2) is 17.5 Å². The Bertz CT molecular complexity index is 2390. The molecule has 7 aromatic carbocycles. The zero-order valence-electron chi connectivity index (χ0n) is 27.4. The van der Waals surface area contributed by atoms with Crippen molar-refractivity contribution >= 4 is 29.2 Å². The Morgan fingerprint density at radius 2 is 0.857 bits per heavy atom. The molecule has 232 valence electrons. The SMILES string of the molecule is C[Si]1(C)c2cccc(-c3nc(-c4ccc(-c5ccccc5)cc4)nc(-c4ccc(-c5ccccc5)cc4)n3)c2-c2ccc3ccccc3c21. The minimum absolute atomic E-state index is 0.664. The van der Waals surface area contributed by atoms with Crippen LogP contribution in [0.25, 0.3) is 78.3 Å². The Morgan fingerprint density at radius 1 is 0.367 bits per heavy atom. The van der Waals surface area contributed by atoms with Gasteiger partial charge in [-0.25, -0.2) is 15.0 Å². The van der Waals surface area contributed by atoms with Gasteiger partial charge in [-0.1, -0.05) is 177 Å². The van der Waals surface area contributed by atoms with E-state index in [0.717, 1.165) is 27.8 Å². The molecule has 0 amide bonds. The van der Waals surface area contributed by atoms with Gasteiger partial charge in [0.25, 0.3) is 0 Å². The Kier molecular flexibility index (Phi) is 6.92. The molecule has 49 heavy (non-hydrogen) atoms. The fourth-order valence-electron chi connectivity index (χ4n) is 7.48. The van der Waals surface area contributed by atoms with Crippen molar-refractivity contribution in [3.63, 3.8) is 0 Å². The molecule has 0 unspecified atom stereocenters. The molecule has 0 N–H and O–H groups in total. The summed E-state index contributed by atoms with van der Waals surface area (Å²) in [6.45, 7) is 4.95. The lowest BCUT2D eigenvalue weighted by Crippen LogP contribution is -2.49. The molecule has 0 atom stereocenters. The van der Waals surface area contributed by atoms with Gasteiger partial charge in [-0.3, -0.25) is 0 Å². The summed E-state index contributed by atoms with van der Waals surface area (Å²) in [5, 5.41) is 5.57. The maximum atomic E-state index is 5.22. The van der Waals surface area contributed by atoms with Crippen molar-refractivity contribution < 1.29 is 0 Å². The van der Waals surface area contributed by atoms with E-state index in [1.165, 1.54) is 43.4 Å². The second-order valence-electron chi connectivity index (χ2n) is 13.3. The first kappa shape index (κ1) is 29.2. The molecule has 1 aliphatic rings. The quantitative estimate of drug-likeness (QED) is 0.175. The molecule has 0 saturated heterocycles. The second-order valence-corrected chi connectivity index (χ2v) is 17.5. The van der Waals surface area contributed by atoms with Gasteiger partial charge in [-0.2, -0.15) is 0 Å². The fraction of sp³-hybridized carbons (Fsp3) is 0.0444. The molecule has 4 heteroatoms. The van der Waals surface area contributed by atoms with Crippen LogP contribution in [-0.4, -0.2) is 23.0 Å². The van der Waals surface area contributed by atoms with Crippen molar-refractivity contribution in [2.24, 2.45) is 0 Å². The number of fused-ring (bicyclic) bond motifs is 5. The highest BCUT2D eigenvalue weighted by Crippen LogP contribution is 2.38. The van der Waals surface area contributed by atoms with Crippen LogP contribution in [0, 0.1) is 0 Å². The third-order valence-electron chi connectivity index (χ3n) is 9.94. The normalized spacial score (nSPS) is 12.9. The van der Waals surface area contributed by atoms with E-state index >= 15 is 0 Å². The highest BCUT2D eigenvalue weighted by molar-refractivity contribution is 7.05. The molecule has 2 heterocycles. The van der Waals surface area contributed by atoms with Crippen LogP contribution in [0.1, 0.15) is 0 Å². The van der Waals surface area contributed by atoms with E-state index in [9.17, 15) is 0 Å². The Labute approximate surface area is 287 Å². The van der Waals surface area contributed by atoms with Crippen molar-refractivity contribution in [2.45, 2.75) is 13.1 Å². The van der Waals surface area contributed by atoms with Crippen LogP contribution in [0.3, 0.4) is 0 Å². The Hall–Kier alpha value is -5.97. The molecule has 0 aliphatic carbocycles. The molecule has 1 aromatic heterocycles. The van der Waals surface area contributed by atoms with Crippen LogP contribution in [0.15, 0.2) is 164 Å². The van der Waals surface area contributed by atoms with Crippen molar-refractivity contribution in [3.05, 3.63) is 164 Å². The van der Waals surface area contributed by atoms with E-state index in [1.807, 2.05) is 12.1 Å². The molecule has 3 nitrogen and oxygen atoms in total. The first-order chi connectivity index (χ1) is 24.0. The first-order valence-electron chi connectivity index (χ1n) is 16.8. The predicted octanol–water partition coefficient (Wildman–Crippen LogP) is 10.2. The molecule has 0 radical (unpaired) electrons. The van der Waals surface area contributed by atoms with E-state index in [4.69, 9.17) is 15.0 Å². The molecular weight excluding hydrogens is 611 g/mol. The summed E-state index contributed by atoms with van der Waals surface area (Å²) in [5.74, 6) is 2.03. The maximum absolute atomic E-state index is 5.22. The van der Waals surface area contributed by atoms with E-state index < -0.39 is 8.07 Å². The second kappa shape index (κ2) is 11.6. The molecule has 0 fully saturated rings. The third kappa shape index (κ3) is 5.00. The summed E-state index contributed by atoms with van der Waals surface area (Å²) in [6.07, 6.45) is 0. The van der Waals surface area contributed by atoms with Gasteiger partial charge in [0.05, 0.1) is 0 Å². The lowest BCUT2D eigenvalue weighted by molar-refractivity contribution is 1.07. The van der Waals surface area contributed by atoms with Crippen LogP contribution in [0.5, 0.6) is 0 Å². The van der Waals surface area contributed by atoms with Gasteiger partial charge in [0.2, 0.25) is 0 Å². The molecule has 0 saturated carbocycles. The summed E-state index contributed by atoms with van der Waals surface area (Å²) in [4.78, 5) is 15.5. The van der Waals surface area contributed by atoms with E-state index in [1.54, 1.807) is 0 Å². The number of rotatable bonds is 5. The van der Waals surface area contributed by atoms with Gasteiger partial charge in [0, 0.05) is 16.7 Å². The van der Waals surface area contributed by atoms with Crippen LogP contribution in [0.4, 0.5) is 0 Å². The van der Waals surface area contributed by atoms with Crippen molar-refractivity contribution in [1.29, 1.82) is 0 Å². The molecule has 8 aromatic rings.